The maximum absolute atomic E-state index is 12.1. The highest BCUT2D eigenvalue weighted by molar-refractivity contribution is 5.95. The van der Waals surface area contributed by atoms with Gasteiger partial charge in [-0.05, 0) is 37.1 Å². The van der Waals surface area contributed by atoms with Crippen molar-refractivity contribution in [2.45, 2.75) is 13.8 Å². The first-order valence-electron chi connectivity index (χ1n) is 8.43. The normalized spacial score (nSPS) is 11.4. The zero-order valence-corrected chi connectivity index (χ0v) is 15.0. The van der Waals surface area contributed by atoms with E-state index in [4.69, 9.17) is 19.6 Å². The van der Waals surface area contributed by atoms with Crippen LogP contribution in [0.4, 0.5) is 0 Å². The number of benzene rings is 2. The van der Waals surface area contributed by atoms with Crippen molar-refractivity contribution in [2.75, 3.05) is 6.61 Å². The molecule has 0 saturated carbocycles. The van der Waals surface area contributed by atoms with Crippen LogP contribution in [0.5, 0.6) is 5.75 Å². The van der Waals surface area contributed by atoms with E-state index in [2.05, 4.69) is 0 Å². The Balaban J connectivity index is 2.08. The molecule has 138 valence electrons. The monoisotopic (exact) mass is 365 g/mol. The zero-order valence-electron chi connectivity index (χ0n) is 15.0. The minimum absolute atomic E-state index is 0.145. The Bertz CT molecular complexity index is 1080. The number of rotatable bonds is 6. The van der Waals surface area contributed by atoms with Gasteiger partial charge in [-0.15, -0.1) is 0 Å². The first-order chi connectivity index (χ1) is 13.0. The highest BCUT2D eigenvalue weighted by atomic mass is 16.5. The van der Waals surface area contributed by atoms with Gasteiger partial charge in [0, 0.05) is 23.1 Å². The van der Waals surface area contributed by atoms with Crippen molar-refractivity contribution >= 4 is 16.9 Å². The summed E-state index contributed by atoms with van der Waals surface area (Å²) in [7, 11) is 0. The molecule has 6 heteroatoms. The quantitative estimate of drug-likeness (QED) is 0.410. The van der Waals surface area contributed by atoms with Gasteiger partial charge < -0.3 is 19.6 Å². The third kappa shape index (κ3) is 4.00. The van der Waals surface area contributed by atoms with Crippen molar-refractivity contribution in [2.24, 2.45) is 5.73 Å². The van der Waals surface area contributed by atoms with Gasteiger partial charge in [-0.25, -0.2) is 4.79 Å². The molecule has 0 aliphatic rings. The minimum Gasteiger partial charge on any atom is -0.497 e. The molecule has 1 aromatic heterocycles. The highest BCUT2D eigenvalue weighted by Gasteiger charge is 2.13. The van der Waals surface area contributed by atoms with Gasteiger partial charge in [-0.3, -0.25) is 4.79 Å². The number of fused-ring (bicyclic) bond motifs is 1. The largest absolute Gasteiger partial charge is 0.497 e. The summed E-state index contributed by atoms with van der Waals surface area (Å²) in [5, 5.41) is 0.755. The smallest absolute Gasteiger partial charge is 0.336 e. The van der Waals surface area contributed by atoms with Crippen molar-refractivity contribution in [3.63, 3.8) is 0 Å². The molecule has 1 heterocycles. The van der Waals surface area contributed by atoms with Crippen molar-refractivity contribution in [1.82, 2.24) is 0 Å². The molecule has 0 radical (unpaired) electrons. The van der Waals surface area contributed by atoms with Crippen LogP contribution in [-0.2, 0) is 9.53 Å². The van der Waals surface area contributed by atoms with Crippen LogP contribution in [0.3, 0.4) is 0 Å². The predicted molar refractivity (Wildman–Crippen MR) is 102 cm³/mol. The van der Waals surface area contributed by atoms with Crippen molar-refractivity contribution in [3.8, 4) is 16.9 Å². The third-order valence-electron chi connectivity index (χ3n) is 3.98. The second-order valence-electron chi connectivity index (χ2n) is 5.86. The van der Waals surface area contributed by atoms with Crippen LogP contribution in [0.25, 0.3) is 22.1 Å². The van der Waals surface area contributed by atoms with E-state index in [0.29, 0.717) is 17.9 Å². The molecule has 0 aliphatic heterocycles. The van der Waals surface area contributed by atoms with E-state index >= 15 is 0 Å². The molecule has 0 saturated heterocycles. The molecule has 3 aromatic rings. The van der Waals surface area contributed by atoms with Gasteiger partial charge in [-0.1, -0.05) is 24.3 Å². The Hall–Kier alpha value is -3.54. The molecule has 2 N–H and O–H groups in total. The lowest BCUT2D eigenvalue weighted by Gasteiger charge is -2.11. The van der Waals surface area contributed by atoms with E-state index in [1.807, 2.05) is 31.2 Å². The van der Waals surface area contributed by atoms with Crippen molar-refractivity contribution < 1.29 is 18.7 Å². The summed E-state index contributed by atoms with van der Waals surface area (Å²) < 4.78 is 15.9. The van der Waals surface area contributed by atoms with E-state index in [0.717, 1.165) is 28.3 Å². The lowest BCUT2D eigenvalue weighted by atomic mass is 9.98. The molecule has 1 amide bonds. The van der Waals surface area contributed by atoms with Gasteiger partial charge >= 0.3 is 5.63 Å². The summed E-state index contributed by atoms with van der Waals surface area (Å²) >= 11 is 0. The minimum atomic E-state index is -0.765. The predicted octanol–water partition coefficient (Wildman–Crippen LogP) is 3.51. The Morgan fingerprint density at radius 1 is 1.15 bits per heavy atom. The molecule has 0 unspecified atom stereocenters. The SMILES string of the molecule is CCOC=C(Oc1ccc2c(-c3ccccc3C)cc(=O)oc2c1)C(N)=O. The highest BCUT2D eigenvalue weighted by Crippen LogP contribution is 2.31. The summed E-state index contributed by atoms with van der Waals surface area (Å²) in [6, 6.07) is 14.2. The molecule has 0 aliphatic carbocycles. The van der Waals surface area contributed by atoms with Gasteiger partial charge in [0.15, 0.2) is 0 Å². The number of carbonyl (C=O) groups is 1. The van der Waals surface area contributed by atoms with Crippen molar-refractivity contribution in [3.05, 3.63) is 76.5 Å². The number of aryl methyl sites for hydroxylation is 1. The van der Waals surface area contributed by atoms with Gasteiger partial charge in [-0.2, -0.15) is 0 Å². The fourth-order valence-electron chi connectivity index (χ4n) is 2.72. The van der Waals surface area contributed by atoms with E-state index in [9.17, 15) is 9.59 Å². The second-order valence-corrected chi connectivity index (χ2v) is 5.86. The van der Waals surface area contributed by atoms with Crippen LogP contribution in [0.2, 0.25) is 0 Å². The third-order valence-corrected chi connectivity index (χ3v) is 3.98. The van der Waals surface area contributed by atoms with Crippen LogP contribution in [-0.4, -0.2) is 12.5 Å². The Morgan fingerprint density at radius 2 is 1.93 bits per heavy atom. The fraction of sp³-hybridized carbons (Fsp3) is 0.143. The van der Waals surface area contributed by atoms with Crippen LogP contribution in [0.1, 0.15) is 12.5 Å². The Morgan fingerprint density at radius 3 is 2.63 bits per heavy atom. The fourth-order valence-corrected chi connectivity index (χ4v) is 2.72. The second kappa shape index (κ2) is 7.78. The maximum atomic E-state index is 12.1. The number of ether oxygens (including phenoxy) is 2. The standard InChI is InChI=1S/C21H19NO5/c1-3-25-12-19(21(22)24)26-14-8-9-16-17(11-20(23)27-18(16)10-14)15-7-5-4-6-13(15)2/h4-12H,3H2,1-2H3,(H2,22,24). The van der Waals surface area contributed by atoms with E-state index in [1.54, 1.807) is 25.1 Å². The summed E-state index contributed by atoms with van der Waals surface area (Å²) in [6.07, 6.45) is 1.16. The number of hydrogen-bond donors (Lipinski definition) is 1. The number of carbonyl (C=O) groups excluding carboxylic acids is 1. The van der Waals surface area contributed by atoms with Crippen LogP contribution >= 0.6 is 0 Å². The van der Waals surface area contributed by atoms with Gasteiger partial charge in [0.1, 0.15) is 17.6 Å². The lowest BCUT2D eigenvalue weighted by Crippen LogP contribution is -2.18. The molecular formula is C21H19NO5. The molecule has 6 nitrogen and oxygen atoms in total. The number of amides is 1. The average molecular weight is 365 g/mol. The van der Waals surface area contributed by atoms with E-state index < -0.39 is 11.5 Å². The van der Waals surface area contributed by atoms with Crippen molar-refractivity contribution in [1.29, 1.82) is 0 Å². The molecule has 27 heavy (non-hydrogen) atoms. The van der Waals surface area contributed by atoms with E-state index in [-0.39, 0.29) is 5.76 Å². The Labute approximate surface area is 155 Å². The van der Waals surface area contributed by atoms with Gasteiger partial charge in [0.2, 0.25) is 5.76 Å². The molecule has 2 aromatic carbocycles. The molecule has 0 atom stereocenters. The molecular weight excluding hydrogens is 346 g/mol. The lowest BCUT2D eigenvalue weighted by molar-refractivity contribution is -0.116. The maximum Gasteiger partial charge on any atom is 0.336 e. The summed E-state index contributed by atoms with van der Waals surface area (Å²) in [6.45, 7) is 4.12. The summed E-state index contributed by atoms with van der Waals surface area (Å²) in [4.78, 5) is 23.5. The summed E-state index contributed by atoms with van der Waals surface area (Å²) in [5.74, 6) is -0.607. The first kappa shape index (κ1) is 18.3. The zero-order chi connectivity index (χ0) is 19.4. The van der Waals surface area contributed by atoms with Gasteiger partial charge in [0.05, 0.1) is 6.61 Å². The topological polar surface area (TPSA) is 91.8 Å². The Kier molecular flexibility index (Phi) is 5.26. The first-order valence-corrected chi connectivity index (χ1v) is 8.43. The van der Waals surface area contributed by atoms with Crippen LogP contribution < -0.4 is 16.1 Å². The van der Waals surface area contributed by atoms with E-state index in [1.165, 1.54) is 6.07 Å². The molecule has 0 bridgehead atoms. The molecule has 0 spiro atoms. The summed E-state index contributed by atoms with van der Waals surface area (Å²) in [5.41, 5.74) is 7.92. The number of nitrogens with two attached hydrogens (primary N) is 1. The van der Waals surface area contributed by atoms with Crippen LogP contribution in [0, 0.1) is 6.92 Å². The van der Waals surface area contributed by atoms with Gasteiger partial charge in [0.25, 0.3) is 5.91 Å². The van der Waals surface area contributed by atoms with Crippen LogP contribution in [0.15, 0.2) is 69.8 Å². The molecule has 0 fully saturated rings. The number of hydrogen-bond acceptors (Lipinski definition) is 5. The average Bonchev–Trinajstić information content (AvgIpc) is 2.64. The number of primary amides is 1. The molecule has 3 rings (SSSR count).